The Bertz CT molecular complexity index is 109. The smallest absolute Gasteiger partial charge is 0.320 e. The van der Waals surface area contributed by atoms with Crippen molar-refractivity contribution in [2.24, 2.45) is 5.73 Å². The second-order valence-electron chi connectivity index (χ2n) is 1.72. The quantitative estimate of drug-likeness (QED) is 0.446. The lowest BCUT2D eigenvalue weighted by molar-refractivity contribution is -0.138. The van der Waals surface area contributed by atoms with E-state index in [2.05, 4.69) is 0 Å². The fourth-order valence-corrected chi connectivity index (χ4v) is 0.645. The fourth-order valence-electron chi connectivity index (χ4n) is 0.382. The van der Waals surface area contributed by atoms with E-state index < -0.39 is 12.0 Å². The first kappa shape index (κ1) is 9.74. The van der Waals surface area contributed by atoms with Gasteiger partial charge in [-0.15, -0.1) is 0 Å². The summed E-state index contributed by atoms with van der Waals surface area (Å²) < 4.78 is 4.83. The van der Waals surface area contributed by atoms with Gasteiger partial charge in [0.15, 0.2) is 0 Å². The van der Waals surface area contributed by atoms with E-state index in [1.807, 2.05) is 0 Å². The fraction of sp³-hybridized carbons (Fsp3) is 0.800. The van der Waals surface area contributed by atoms with Crippen LogP contribution in [0.2, 0.25) is 0 Å². The predicted octanol–water partition coefficient (Wildman–Crippen LogP) is 0.0830. The summed E-state index contributed by atoms with van der Waals surface area (Å²) in [6.45, 7) is 0.384. The number of hydrogen-bond acceptors (Lipinski definition) is 4. The largest absolute Gasteiger partial charge is 0.480 e. The van der Waals surface area contributed by atoms with Gasteiger partial charge >= 0.3 is 5.97 Å². The number of hydrogen-bond donors (Lipinski definition) is 2. The van der Waals surface area contributed by atoms with Crippen molar-refractivity contribution in [2.75, 3.05) is 12.9 Å². The molecule has 4 nitrogen and oxygen atoms in total. The van der Waals surface area contributed by atoms with Gasteiger partial charge in [0.1, 0.15) is 6.04 Å². The molecule has 0 heterocycles. The first-order chi connectivity index (χ1) is 4.68. The molecule has 3 N–H and O–H groups in total. The number of rotatable bonds is 5. The Morgan fingerprint density at radius 1 is 1.90 bits per heavy atom. The van der Waals surface area contributed by atoms with Crippen LogP contribution in [-0.4, -0.2) is 30.0 Å². The van der Waals surface area contributed by atoms with Crippen LogP contribution in [-0.2, 0) is 8.98 Å². The van der Waals surface area contributed by atoms with Crippen LogP contribution in [0.5, 0.6) is 0 Å². The molecule has 0 aliphatic heterocycles. The normalized spacial score (nSPS) is 13.0. The van der Waals surface area contributed by atoms with Gasteiger partial charge in [-0.1, -0.05) is 0 Å². The SMILES string of the molecule is CSOCCC(N)C(=O)O. The lowest BCUT2D eigenvalue weighted by atomic mass is 10.2. The Labute approximate surface area is 63.9 Å². The molecule has 0 saturated carbocycles. The first-order valence-electron chi connectivity index (χ1n) is 2.82. The zero-order valence-corrected chi connectivity index (χ0v) is 6.56. The molecule has 0 aliphatic carbocycles. The van der Waals surface area contributed by atoms with E-state index in [1.54, 1.807) is 6.26 Å². The second-order valence-corrected chi connectivity index (χ2v) is 2.29. The predicted molar refractivity (Wildman–Crippen MR) is 39.7 cm³/mol. The van der Waals surface area contributed by atoms with E-state index in [-0.39, 0.29) is 0 Å². The molecule has 0 spiro atoms. The molecule has 0 rings (SSSR count). The number of nitrogens with two attached hydrogens (primary N) is 1. The molecule has 0 fully saturated rings. The highest BCUT2D eigenvalue weighted by molar-refractivity contribution is 7.93. The van der Waals surface area contributed by atoms with Crippen LogP contribution in [0, 0.1) is 0 Å². The van der Waals surface area contributed by atoms with Gasteiger partial charge in [0.2, 0.25) is 0 Å². The minimum atomic E-state index is -0.982. The average molecular weight is 165 g/mol. The Morgan fingerprint density at radius 2 is 2.50 bits per heavy atom. The minimum absolute atomic E-state index is 0.357. The van der Waals surface area contributed by atoms with Crippen molar-refractivity contribution in [3.63, 3.8) is 0 Å². The summed E-state index contributed by atoms with van der Waals surface area (Å²) in [6.07, 6.45) is 2.13. The van der Waals surface area contributed by atoms with Crippen molar-refractivity contribution in [2.45, 2.75) is 12.5 Å². The molecule has 10 heavy (non-hydrogen) atoms. The van der Waals surface area contributed by atoms with Crippen LogP contribution in [0.25, 0.3) is 0 Å². The van der Waals surface area contributed by atoms with E-state index in [0.717, 1.165) is 0 Å². The number of carbonyl (C=O) groups is 1. The molecule has 0 saturated heterocycles. The maximum absolute atomic E-state index is 10.1. The van der Waals surface area contributed by atoms with E-state index in [0.29, 0.717) is 13.0 Å². The maximum Gasteiger partial charge on any atom is 0.320 e. The second kappa shape index (κ2) is 5.52. The van der Waals surface area contributed by atoms with Crippen molar-refractivity contribution < 1.29 is 14.1 Å². The first-order valence-corrected chi connectivity index (χ1v) is 3.97. The third kappa shape index (κ3) is 4.60. The molecule has 60 valence electrons. The van der Waals surface area contributed by atoms with Gasteiger partial charge in [-0.3, -0.25) is 4.79 Å². The van der Waals surface area contributed by atoms with Crippen molar-refractivity contribution in [1.82, 2.24) is 0 Å². The minimum Gasteiger partial charge on any atom is -0.480 e. The summed E-state index contributed by atoms with van der Waals surface area (Å²) in [7, 11) is 0. The maximum atomic E-state index is 10.1. The molecule has 5 heteroatoms. The molecular formula is C5H11NO3S. The number of carboxylic acids is 1. The highest BCUT2D eigenvalue weighted by Crippen LogP contribution is 1.97. The zero-order chi connectivity index (χ0) is 7.98. The Hall–Kier alpha value is -0.260. The van der Waals surface area contributed by atoms with Gasteiger partial charge in [-0.25, -0.2) is 0 Å². The Morgan fingerprint density at radius 3 is 2.90 bits per heavy atom. The van der Waals surface area contributed by atoms with Crippen molar-refractivity contribution in [3.8, 4) is 0 Å². The topological polar surface area (TPSA) is 72.5 Å². The van der Waals surface area contributed by atoms with E-state index >= 15 is 0 Å². The third-order valence-electron chi connectivity index (χ3n) is 0.947. The van der Waals surface area contributed by atoms with Gasteiger partial charge in [0.25, 0.3) is 0 Å². The highest BCUT2D eigenvalue weighted by atomic mass is 32.2. The van der Waals surface area contributed by atoms with Gasteiger partial charge in [-0.2, -0.15) is 0 Å². The lowest BCUT2D eigenvalue weighted by Crippen LogP contribution is -2.30. The summed E-state index contributed by atoms with van der Waals surface area (Å²) in [4.78, 5) is 10.1. The molecule has 0 bridgehead atoms. The van der Waals surface area contributed by atoms with E-state index in [4.69, 9.17) is 15.0 Å². The highest BCUT2D eigenvalue weighted by Gasteiger charge is 2.09. The molecule has 1 atom stereocenters. The van der Waals surface area contributed by atoms with Crippen LogP contribution in [0.15, 0.2) is 0 Å². The number of carboxylic acid groups (broad SMARTS) is 1. The summed E-state index contributed by atoms with van der Waals surface area (Å²) in [5.41, 5.74) is 5.17. The molecule has 0 radical (unpaired) electrons. The van der Waals surface area contributed by atoms with Gasteiger partial charge in [0, 0.05) is 6.26 Å². The van der Waals surface area contributed by atoms with Crippen molar-refractivity contribution >= 4 is 18.0 Å². The van der Waals surface area contributed by atoms with Crippen LogP contribution in [0.1, 0.15) is 6.42 Å². The molecule has 1 unspecified atom stereocenters. The summed E-state index contributed by atoms with van der Waals surface area (Å²) in [5, 5.41) is 8.29. The van der Waals surface area contributed by atoms with Gasteiger partial charge in [-0.05, 0) is 18.5 Å². The van der Waals surface area contributed by atoms with Gasteiger partial charge in [0.05, 0.1) is 6.61 Å². The van der Waals surface area contributed by atoms with Crippen LogP contribution >= 0.6 is 12.0 Å². The monoisotopic (exact) mass is 165 g/mol. The van der Waals surface area contributed by atoms with Crippen molar-refractivity contribution in [3.05, 3.63) is 0 Å². The number of aliphatic carboxylic acids is 1. The molecular weight excluding hydrogens is 154 g/mol. The van der Waals surface area contributed by atoms with Crippen molar-refractivity contribution in [1.29, 1.82) is 0 Å². The van der Waals surface area contributed by atoms with E-state index in [9.17, 15) is 4.79 Å². The summed E-state index contributed by atoms with van der Waals surface area (Å²) in [5.74, 6) is -0.982. The molecule has 0 aliphatic rings. The Kier molecular flexibility index (Phi) is 5.38. The Balaban J connectivity index is 3.21. The van der Waals surface area contributed by atoms with E-state index in [1.165, 1.54) is 12.0 Å². The van der Waals surface area contributed by atoms with Crippen LogP contribution in [0.3, 0.4) is 0 Å². The third-order valence-corrected chi connectivity index (χ3v) is 1.35. The van der Waals surface area contributed by atoms with Gasteiger partial charge < -0.3 is 15.0 Å². The molecule has 0 aromatic carbocycles. The standard InChI is InChI=1S/C5H11NO3S/c1-10-9-3-2-4(6)5(7)8/h4H,2-3,6H2,1H3,(H,7,8). The lowest BCUT2D eigenvalue weighted by Gasteiger charge is -2.03. The summed E-state index contributed by atoms with van der Waals surface area (Å²) >= 11 is 1.21. The zero-order valence-electron chi connectivity index (χ0n) is 5.74. The summed E-state index contributed by atoms with van der Waals surface area (Å²) in [6, 6.07) is -0.799. The molecule has 0 aromatic rings. The van der Waals surface area contributed by atoms with Crippen LogP contribution < -0.4 is 5.73 Å². The molecule has 0 aromatic heterocycles. The molecule has 0 amide bonds. The van der Waals surface area contributed by atoms with Crippen LogP contribution in [0.4, 0.5) is 0 Å². The average Bonchev–Trinajstić information content (AvgIpc) is 1.88.